The summed E-state index contributed by atoms with van der Waals surface area (Å²) in [5.41, 5.74) is 2.10. The van der Waals surface area contributed by atoms with Crippen LogP contribution in [0.2, 0.25) is 5.02 Å². The molecule has 1 aliphatic rings. The lowest BCUT2D eigenvalue weighted by Crippen LogP contribution is -2.45. The number of amidine groups is 1. The third-order valence-corrected chi connectivity index (χ3v) is 6.99. The molecule has 4 aromatic rings. The number of nitrogens with zero attached hydrogens (tertiary/aromatic N) is 3. The predicted octanol–water partition coefficient (Wildman–Crippen LogP) is 4.60. The summed E-state index contributed by atoms with van der Waals surface area (Å²) in [5.74, 6) is 5.46. The Labute approximate surface area is 212 Å². The van der Waals surface area contributed by atoms with E-state index < -0.39 is 11.4 Å². The molecule has 2 heterocycles. The molecular formula is C28H24ClFN4O2. The normalized spacial score (nSPS) is 14.6. The summed E-state index contributed by atoms with van der Waals surface area (Å²) in [6, 6.07) is 18.1. The van der Waals surface area contributed by atoms with E-state index in [-0.39, 0.29) is 11.4 Å². The first kappa shape index (κ1) is 23.8. The van der Waals surface area contributed by atoms with Crippen LogP contribution in [0.25, 0.3) is 22.0 Å². The second-order valence-corrected chi connectivity index (χ2v) is 9.24. The van der Waals surface area contributed by atoms with Crippen molar-refractivity contribution in [2.75, 3.05) is 7.05 Å². The lowest BCUT2D eigenvalue weighted by atomic mass is 9.82. The van der Waals surface area contributed by atoms with Crippen molar-refractivity contribution in [2.24, 2.45) is 10.9 Å². The zero-order chi connectivity index (χ0) is 25.6. The van der Waals surface area contributed by atoms with E-state index in [0.717, 1.165) is 22.0 Å². The molecule has 6 nitrogen and oxygen atoms in total. The molecule has 0 radical (unpaired) electrons. The standard InChI is InChI=1S/C28H24ClFN4O2/c1-3-33(2)27(32-31)28(36,19-7-9-22(30)10-8-19)20-13-18-11-12-34-25(35)16-23(24(15-20)26(18)34)17-5-4-6-21(29)14-17/h3-10,13-16,36H,1,11-12,31H2,2H3/b32-27-. The number of aliphatic hydroxyl groups is 1. The van der Waals surface area contributed by atoms with Gasteiger partial charge in [-0.05, 0) is 76.8 Å². The van der Waals surface area contributed by atoms with Crippen LogP contribution in [0.3, 0.4) is 0 Å². The molecule has 0 aliphatic carbocycles. The molecule has 3 aromatic carbocycles. The zero-order valence-electron chi connectivity index (χ0n) is 19.6. The lowest BCUT2D eigenvalue weighted by Gasteiger charge is -2.34. The maximum absolute atomic E-state index is 13.8. The molecule has 0 saturated carbocycles. The van der Waals surface area contributed by atoms with Gasteiger partial charge in [-0.15, -0.1) is 0 Å². The Morgan fingerprint density at radius 2 is 1.94 bits per heavy atom. The molecule has 5 rings (SSSR count). The number of nitrogens with two attached hydrogens (primary N) is 1. The van der Waals surface area contributed by atoms with Gasteiger partial charge in [0.1, 0.15) is 5.82 Å². The van der Waals surface area contributed by atoms with E-state index >= 15 is 0 Å². The monoisotopic (exact) mass is 502 g/mol. The SMILES string of the molecule is C=CN(C)/C(=N\N)C(O)(c1ccc(F)cc1)c1cc2c3c(c1)c(-c1cccc(Cl)c1)cc(=O)n3CC2. The van der Waals surface area contributed by atoms with Crippen LogP contribution in [0.4, 0.5) is 4.39 Å². The van der Waals surface area contributed by atoms with E-state index in [1.807, 2.05) is 24.3 Å². The highest BCUT2D eigenvalue weighted by atomic mass is 35.5. The van der Waals surface area contributed by atoms with Crippen LogP contribution in [-0.2, 0) is 18.6 Å². The quantitative estimate of drug-likeness (QED) is 0.181. The van der Waals surface area contributed by atoms with Crippen LogP contribution in [0, 0.1) is 5.82 Å². The lowest BCUT2D eigenvalue weighted by molar-refractivity contribution is 0.144. The molecule has 1 aliphatic heterocycles. The number of hydrogen-bond acceptors (Lipinski definition) is 4. The van der Waals surface area contributed by atoms with Gasteiger partial charge in [0.05, 0.1) is 5.52 Å². The third-order valence-electron chi connectivity index (χ3n) is 6.76. The van der Waals surface area contributed by atoms with Crippen LogP contribution in [-0.4, -0.2) is 27.5 Å². The van der Waals surface area contributed by atoms with Crippen LogP contribution in [0.1, 0.15) is 16.7 Å². The fourth-order valence-electron chi connectivity index (χ4n) is 5.00. The Hall–Kier alpha value is -3.94. The third kappa shape index (κ3) is 3.68. The minimum Gasteiger partial charge on any atom is -0.373 e. The molecule has 3 N–H and O–H groups in total. The smallest absolute Gasteiger partial charge is 0.251 e. The Bertz CT molecular complexity index is 1600. The van der Waals surface area contributed by atoms with Crippen molar-refractivity contribution in [2.45, 2.75) is 18.6 Å². The molecule has 0 amide bonds. The predicted molar refractivity (Wildman–Crippen MR) is 141 cm³/mol. The molecule has 0 spiro atoms. The molecule has 0 fully saturated rings. The van der Waals surface area contributed by atoms with Crippen molar-refractivity contribution in [3.05, 3.63) is 117 Å². The topological polar surface area (TPSA) is 83.8 Å². The first-order chi connectivity index (χ1) is 17.3. The van der Waals surface area contributed by atoms with Gasteiger partial charge in [-0.2, -0.15) is 5.10 Å². The molecule has 1 atom stereocenters. The zero-order valence-corrected chi connectivity index (χ0v) is 20.3. The first-order valence-electron chi connectivity index (χ1n) is 11.4. The number of rotatable bonds is 5. The number of pyridine rings is 1. The number of aryl methyl sites for hydroxylation is 2. The number of hydrazone groups is 1. The maximum Gasteiger partial charge on any atom is 0.251 e. The van der Waals surface area contributed by atoms with E-state index in [2.05, 4.69) is 11.7 Å². The summed E-state index contributed by atoms with van der Waals surface area (Å²) in [6.07, 6.45) is 2.10. The summed E-state index contributed by atoms with van der Waals surface area (Å²) in [6.45, 7) is 4.31. The van der Waals surface area contributed by atoms with Crippen LogP contribution >= 0.6 is 11.6 Å². The fraction of sp³-hybridized carbons (Fsp3) is 0.143. The van der Waals surface area contributed by atoms with Gasteiger partial charge in [0.2, 0.25) is 0 Å². The van der Waals surface area contributed by atoms with E-state index in [0.29, 0.717) is 34.7 Å². The summed E-state index contributed by atoms with van der Waals surface area (Å²) in [4.78, 5) is 14.5. The minimum absolute atomic E-state index is 0.103. The van der Waals surface area contributed by atoms with Crippen molar-refractivity contribution >= 4 is 28.3 Å². The molecule has 1 aromatic heterocycles. The second-order valence-electron chi connectivity index (χ2n) is 8.80. The second kappa shape index (κ2) is 8.93. The summed E-state index contributed by atoms with van der Waals surface area (Å²) in [5, 5.41) is 17.6. The van der Waals surface area contributed by atoms with Gasteiger partial charge in [0.25, 0.3) is 5.56 Å². The summed E-state index contributed by atoms with van der Waals surface area (Å²) in [7, 11) is 1.67. The number of aromatic nitrogens is 1. The number of halogens is 2. The highest BCUT2D eigenvalue weighted by molar-refractivity contribution is 6.30. The highest BCUT2D eigenvalue weighted by Gasteiger charge is 2.41. The molecule has 182 valence electrons. The van der Waals surface area contributed by atoms with E-state index in [4.69, 9.17) is 17.4 Å². The molecular weight excluding hydrogens is 479 g/mol. The Morgan fingerprint density at radius 1 is 1.19 bits per heavy atom. The van der Waals surface area contributed by atoms with Gasteiger partial charge in [-0.3, -0.25) is 4.79 Å². The van der Waals surface area contributed by atoms with Crippen molar-refractivity contribution < 1.29 is 9.50 Å². The van der Waals surface area contributed by atoms with Gasteiger partial charge in [-0.25, -0.2) is 4.39 Å². The number of hydrogen-bond donors (Lipinski definition) is 2. The summed E-state index contributed by atoms with van der Waals surface area (Å²) < 4.78 is 15.6. The Balaban J connectivity index is 1.87. The van der Waals surface area contributed by atoms with Gasteiger partial charge in [-0.1, -0.05) is 42.4 Å². The average Bonchev–Trinajstić information content (AvgIpc) is 3.31. The molecule has 1 unspecified atom stereocenters. The van der Waals surface area contributed by atoms with Gasteiger partial charge < -0.3 is 20.4 Å². The van der Waals surface area contributed by atoms with Crippen molar-refractivity contribution in [3.63, 3.8) is 0 Å². The van der Waals surface area contributed by atoms with Crippen molar-refractivity contribution in [3.8, 4) is 11.1 Å². The van der Waals surface area contributed by atoms with E-state index in [1.54, 1.807) is 29.8 Å². The Kier molecular flexibility index (Phi) is 5.90. The Morgan fingerprint density at radius 3 is 2.61 bits per heavy atom. The average molecular weight is 503 g/mol. The largest absolute Gasteiger partial charge is 0.373 e. The van der Waals surface area contributed by atoms with Crippen molar-refractivity contribution in [1.29, 1.82) is 0 Å². The number of likely N-dealkylation sites (N-methyl/N-ethyl adjacent to an activating group) is 1. The van der Waals surface area contributed by atoms with Gasteiger partial charge in [0.15, 0.2) is 11.4 Å². The molecule has 36 heavy (non-hydrogen) atoms. The van der Waals surface area contributed by atoms with Gasteiger partial charge >= 0.3 is 0 Å². The first-order valence-corrected chi connectivity index (χ1v) is 11.7. The molecule has 0 bridgehead atoms. The van der Waals surface area contributed by atoms with E-state index in [1.165, 1.54) is 35.4 Å². The van der Waals surface area contributed by atoms with E-state index in [9.17, 15) is 14.3 Å². The van der Waals surface area contributed by atoms with Gasteiger partial charge in [0, 0.05) is 30.1 Å². The van der Waals surface area contributed by atoms with Crippen LogP contribution in [0.5, 0.6) is 0 Å². The van der Waals surface area contributed by atoms with Crippen LogP contribution < -0.4 is 11.4 Å². The molecule has 0 saturated heterocycles. The highest BCUT2D eigenvalue weighted by Crippen LogP contribution is 2.40. The maximum atomic E-state index is 13.8. The number of benzene rings is 3. The fourth-order valence-corrected chi connectivity index (χ4v) is 5.19. The van der Waals surface area contributed by atoms with Crippen molar-refractivity contribution in [1.82, 2.24) is 9.47 Å². The van der Waals surface area contributed by atoms with Crippen LogP contribution in [0.15, 0.2) is 89.4 Å². The molecule has 8 heteroatoms. The summed E-state index contributed by atoms with van der Waals surface area (Å²) >= 11 is 6.27. The minimum atomic E-state index is -1.84.